The maximum Gasteiger partial charge on any atom is 0.272 e. The molecule has 20 heavy (non-hydrogen) atoms. The van der Waals surface area contributed by atoms with Crippen LogP contribution in [0.2, 0.25) is 0 Å². The number of nitro benzene ring substituents is 1. The Balaban J connectivity index is 2.25. The van der Waals surface area contributed by atoms with Crippen molar-refractivity contribution in [1.82, 2.24) is 0 Å². The van der Waals surface area contributed by atoms with Crippen molar-refractivity contribution in [2.45, 2.75) is 11.8 Å². The number of benzene rings is 2. The van der Waals surface area contributed by atoms with E-state index >= 15 is 0 Å². The lowest BCUT2D eigenvalue weighted by Crippen LogP contribution is -2.00. The van der Waals surface area contributed by atoms with Gasteiger partial charge in [0, 0.05) is 11.6 Å². The molecule has 0 aliphatic rings. The molecule has 1 atom stereocenters. The zero-order valence-electron chi connectivity index (χ0n) is 10.2. The lowest BCUT2D eigenvalue weighted by Gasteiger charge is -2.11. The predicted octanol–water partition coefficient (Wildman–Crippen LogP) is 5.02. The summed E-state index contributed by atoms with van der Waals surface area (Å²) in [6.07, 6.45) is 0.302. The fourth-order valence-corrected chi connectivity index (χ4v) is 2.58. The molecule has 1 unspecified atom stereocenters. The summed E-state index contributed by atoms with van der Waals surface area (Å²) in [5.41, 5.74) is 1.30. The largest absolute Gasteiger partial charge is 0.272 e. The topological polar surface area (TPSA) is 43.1 Å². The minimum absolute atomic E-state index is 0.0410. The van der Waals surface area contributed by atoms with Gasteiger partial charge in [-0.25, -0.2) is 4.39 Å². The van der Waals surface area contributed by atoms with Gasteiger partial charge in [0.15, 0.2) is 0 Å². The molecule has 3 nitrogen and oxygen atoms in total. The zero-order chi connectivity index (χ0) is 14.7. The standard InChI is InChI=1S/C14H10BrClFNO2/c15-11-7-9(5-6-13(11)17)12(16)8-10-3-1-2-4-14(10)18(19)20/h1-7,12H,8H2. The van der Waals surface area contributed by atoms with E-state index in [0.717, 1.165) is 0 Å². The summed E-state index contributed by atoms with van der Waals surface area (Å²) in [6, 6.07) is 10.9. The lowest BCUT2D eigenvalue weighted by atomic mass is 10.0. The fraction of sp³-hybridized carbons (Fsp3) is 0.143. The molecule has 0 aliphatic heterocycles. The van der Waals surface area contributed by atoms with Crippen LogP contribution in [0.15, 0.2) is 46.9 Å². The number of rotatable bonds is 4. The van der Waals surface area contributed by atoms with Crippen LogP contribution in [0.4, 0.5) is 10.1 Å². The molecule has 0 aliphatic carbocycles. The average molecular weight is 359 g/mol. The molecule has 0 amide bonds. The summed E-state index contributed by atoms with van der Waals surface area (Å²) in [5, 5.41) is 10.5. The third-order valence-electron chi connectivity index (χ3n) is 2.89. The van der Waals surface area contributed by atoms with Gasteiger partial charge in [-0.15, -0.1) is 11.6 Å². The van der Waals surface area contributed by atoms with Gasteiger partial charge in [-0.3, -0.25) is 10.1 Å². The molecule has 0 heterocycles. The van der Waals surface area contributed by atoms with E-state index in [1.807, 2.05) is 0 Å². The van der Waals surface area contributed by atoms with Crippen molar-refractivity contribution in [3.8, 4) is 0 Å². The highest BCUT2D eigenvalue weighted by molar-refractivity contribution is 9.10. The molecule has 2 aromatic carbocycles. The first kappa shape index (κ1) is 14.9. The van der Waals surface area contributed by atoms with Crippen LogP contribution >= 0.6 is 27.5 Å². The number of nitro groups is 1. The molecule has 0 aromatic heterocycles. The third-order valence-corrected chi connectivity index (χ3v) is 3.91. The van der Waals surface area contributed by atoms with Gasteiger partial charge in [-0.05, 0) is 40.0 Å². The first-order valence-corrected chi connectivity index (χ1v) is 7.03. The van der Waals surface area contributed by atoms with E-state index in [-0.39, 0.29) is 11.5 Å². The van der Waals surface area contributed by atoms with Gasteiger partial charge in [-0.2, -0.15) is 0 Å². The highest BCUT2D eigenvalue weighted by atomic mass is 79.9. The molecule has 0 N–H and O–H groups in total. The van der Waals surface area contributed by atoms with Crippen molar-refractivity contribution in [2.75, 3.05) is 0 Å². The van der Waals surface area contributed by atoms with Gasteiger partial charge in [0.05, 0.1) is 14.8 Å². The first-order valence-electron chi connectivity index (χ1n) is 5.80. The molecule has 2 rings (SSSR count). The van der Waals surface area contributed by atoms with Crippen LogP contribution in [0, 0.1) is 15.9 Å². The third kappa shape index (κ3) is 3.35. The van der Waals surface area contributed by atoms with E-state index in [0.29, 0.717) is 22.0 Å². The predicted molar refractivity (Wildman–Crippen MR) is 79.5 cm³/mol. The van der Waals surface area contributed by atoms with E-state index in [2.05, 4.69) is 15.9 Å². The minimum Gasteiger partial charge on any atom is -0.258 e. The maximum atomic E-state index is 13.2. The van der Waals surface area contributed by atoms with Crippen LogP contribution in [-0.2, 0) is 6.42 Å². The van der Waals surface area contributed by atoms with Gasteiger partial charge in [0.25, 0.3) is 5.69 Å². The van der Waals surface area contributed by atoms with Crippen LogP contribution in [0.5, 0.6) is 0 Å². The molecule has 104 valence electrons. The van der Waals surface area contributed by atoms with Crippen molar-refractivity contribution in [1.29, 1.82) is 0 Å². The summed E-state index contributed by atoms with van der Waals surface area (Å²) < 4.78 is 13.5. The van der Waals surface area contributed by atoms with Crippen molar-refractivity contribution < 1.29 is 9.31 Å². The Hall–Kier alpha value is -1.46. The average Bonchev–Trinajstić information content (AvgIpc) is 2.42. The van der Waals surface area contributed by atoms with Crippen LogP contribution < -0.4 is 0 Å². The second kappa shape index (κ2) is 6.33. The molecule has 6 heteroatoms. The van der Waals surface area contributed by atoms with E-state index in [1.165, 1.54) is 12.1 Å². The van der Waals surface area contributed by atoms with Crippen molar-refractivity contribution in [2.24, 2.45) is 0 Å². The molecule has 0 radical (unpaired) electrons. The number of para-hydroxylation sites is 1. The Labute approximate surface area is 128 Å². The number of alkyl halides is 1. The second-order valence-corrected chi connectivity index (χ2v) is 5.61. The zero-order valence-corrected chi connectivity index (χ0v) is 12.6. The Bertz CT molecular complexity index is 651. The van der Waals surface area contributed by atoms with Crippen LogP contribution in [-0.4, -0.2) is 4.92 Å². The molecule has 0 saturated heterocycles. The summed E-state index contributed by atoms with van der Waals surface area (Å²) in [6.45, 7) is 0. The minimum atomic E-state index is -0.465. The molecule has 0 saturated carbocycles. The number of hydrogen-bond acceptors (Lipinski definition) is 2. The highest BCUT2D eigenvalue weighted by Crippen LogP contribution is 2.31. The molecule has 0 bridgehead atoms. The SMILES string of the molecule is O=[N+]([O-])c1ccccc1CC(Cl)c1ccc(F)c(Br)c1. The second-order valence-electron chi connectivity index (χ2n) is 4.23. The van der Waals surface area contributed by atoms with Crippen LogP contribution in [0.1, 0.15) is 16.5 Å². The van der Waals surface area contributed by atoms with Gasteiger partial charge in [0.1, 0.15) is 5.82 Å². The van der Waals surface area contributed by atoms with Crippen molar-refractivity contribution in [3.05, 3.63) is 74.0 Å². The molecule has 0 fully saturated rings. The quantitative estimate of drug-likeness (QED) is 0.437. The molecule has 2 aromatic rings. The fourth-order valence-electron chi connectivity index (χ4n) is 1.88. The van der Waals surface area contributed by atoms with Crippen molar-refractivity contribution >= 4 is 33.2 Å². The van der Waals surface area contributed by atoms with Crippen LogP contribution in [0.3, 0.4) is 0 Å². The van der Waals surface area contributed by atoms with Crippen molar-refractivity contribution in [3.63, 3.8) is 0 Å². The first-order chi connectivity index (χ1) is 9.49. The normalized spacial score (nSPS) is 12.2. The van der Waals surface area contributed by atoms with Gasteiger partial charge in [-0.1, -0.05) is 24.3 Å². The van der Waals surface area contributed by atoms with E-state index < -0.39 is 10.3 Å². The highest BCUT2D eigenvalue weighted by Gasteiger charge is 2.17. The number of halogens is 3. The lowest BCUT2D eigenvalue weighted by molar-refractivity contribution is -0.385. The Morgan fingerprint density at radius 3 is 2.65 bits per heavy atom. The van der Waals surface area contributed by atoms with Gasteiger partial charge in [0.2, 0.25) is 0 Å². The molecular weight excluding hydrogens is 349 g/mol. The molecule has 0 spiro atoms. The number of hydrogen-bond donors (Lipinski definition) is 0. The summed E-state index contributed by atoms with van der Waals surface area (Å²) in [5.74, 6) is -0.372. The summed E-state index contributed by atoms with van der Waals surface area (Å²) in [4.78, 5) is 10.5. The van der Waals surface area contributed by atoms with E-state index in [4.69, 9.17) is 11.6 Å². The smallest absolute Gasteiger partial charge is 0.258 e. The van der Waals surface area contributed by atoms with Gasteiger partial charge >= 0.3 is 0 Å². The Kier molecular flexibility index (Phi) is 4.73. The summed E-state index contributed by atoms with van der Waals surface area (Å²) >= 11 is 9.37. The maximum absolute atomic E-state index is 13.2. The Morgan fingerprint density at radius 1 is 1.30 bits per heavy atom. The number of nitrogens with zero attached hydrogens (tertiary/aromatic N) is 1. The van der Waals surface area contributed by atoms with Gasteiger partial charge < -0.3 is 0 Å². The van der Waals surface area contributed by atoms with E-state index in [9.17, 15) is 14.5 Å². The summed E-state index contributed by atoms with van der Waals surface area (Å²) in [7, 11) is 0. The van der Waals surface area contributed by atoms with Crippen LogP contribution in [0.25, 0.3) is 0 Å². The van der Waals surface area contributed by atoms with E-state index in [1.54, 1.807) is 30.3 Å². The molecular formula is C14H10BrClFNO2. The Morgan fingerprint density at radius 2 is 2.00 bits per heavy atom. The monoisotopic (exact) mass is 357 g/mol.